The first kappa shape index (κ1) is 13.9. The number of fused-ring (bicyclic) bond motifs is 1. The zero-order valence-electron chi connectivity index (χ0n) is 10.8. The molecular formula is C15H11F2NO2S. The van der Waals surface area contributed by atoms with E-state index >= 15 is 0 Å². The Morgan fingerprint density at radius 3 is 2.76 bits per heavy atom. The second kappa shape index (κ2) is 5.75. The van der Waals surface area contributed by atoms with Gasteiger partial charge in [0.15, 0.2) is 11.6 Å². The lowest BCUT2D eigenvalue weighted by atomic mass is 10.2. The topological polar surface area (TPSA) is 42.4 Å². The first-order chi connectivity index (χ1) is 10.2. The van der Waals surface area contributed by atoms with Crippen LogP contribution in [-0.4, -0.2) is 10.1 Å². The predicted molar refractivity (Wildman–Crippen MR) is 76.2 cm³/mol. The maximum atomic E-state index is 13.1. The van der Waals surface area contributed by atoms with Crippen LogP contribution in [0.3, 0.4) is 0 Å². The normalized spacial score (nSPS) is 11.0. The third kappa shape index (κ3) is 3.01. The average Bonchev–Trinajstić information content (AvgIpc) is 2.87. The number of thiazole rings is 1. The van der Waals surface area contributed by atoms with Gasteiger partial charge in [0.2, 0.25) is 0 Å². The maximum absolute atomic E-state index is 13.1. The second-order valence-corrected chi connectivity index (χ2v) is 5.55. The van der Waals surface area contributed by atoms with E-state index in [9.17, 15) is 8.78 Å². The fourth-order valence-corrected chi connectivity index (χ4v) is 2.80. The Kier molecular flexibility index (Phi) is 3.81. The summed E-state index contributed by atoms with van der Waals surface area (Å²) in [6, 6.07) is 9.29. The van der Waals surface area contributed by atoms with Gasteiger partial charge >= 0.3 is 0 Å². The Bertz CT molecular complexity index is 749. The van der Waals surface area contributed by atoms with E-state index in [1.807, 2.05) is 0 Å². The summed E-state index contributed by atoms with van der Waals surface area (Å²) in [5.41, 5.74) is 1.17. The fraction of sp³-hybridized carbons (Fsp3) is 0.133. The molecule has 0 bridgehead atoms. The third-order valence-corrected chi connectivity index (χ3v) is 3.91. The summed E-state index contributed by atoms with van der Waals surface area (Å²) in [6.07, 6.45) is 0. The van der Waals surface area contributed by atoms with Crippen molar-refractivity contribution in [1.82, 2.24) is 4.98 Å². The Morgan fingerprint density at radius 1 is 1.14 bits per heavy atom. The van der Waals surface area contributed by atoms with Gasteiger partial charge in [0.05, 0.1) is 16.8 Å². The summed E-state index contributed by atoms with van der Waals surface area (Å²) in [5, 5.41) is 9.69. The van der Waals surface area contributed by atoms with Gasteiger partial charge in [0.25, 0.3) is 0 Å². The van der Waals surface area contributed by atoms with Crippen LogP contribution >= 0.6 is 11.3 Å². The SMILES string of the molecule is OCc1cccc(OCc2nc3cc(F)c(F)cc3s2)c1. The monoisotopic (exact) mass is 307 g/mol. The highest BCUT2D eigenvalue weighted by Gasteiger charge is 2.10. The van der Waals surface area contributed by atoms with Crippen molar-refractivity contribution < 1.29 is 18.6 Å². The predicted octanol–water partition coefficient (Wildman–Crippen LogP) is 3.65. The van der Waals surface area contributed by atoms with Crippen LogP contribution in [0.5, 0.6) is 5.75 Å². The van der Waals surface area contributed by atoms with E-state index < -0.39 is 11.6 Å². The molecule has 0 saturated heterocycles. The number of benzene rings is 2. The summed E-state index contributed by atoms with van der Waals surface area (Å²) < 4.78 is 32.4. The molecule has 3 rings (SSSR count). The molecule has 6 heteroatoms. The lowest BCUT2D eigenvalue weighted by molar-refractivity contribution is 0.278. The van der Waals surface area contributed by atoms with E-state index in [4.69, 9.17) is 9.84 Å². The highest BCUT2D eigenvalue weighted by atomic mass is 32.1. The smallest absolute Gasteiger partial charge is 0.161 e. The largest absolute Gasteiger partial charge is 0.486 e. The Balaban J connectivity index is 1.78. The number of hydrogen-bond acceptors (Lipinski definition) is 4. The van der Waals surface area contributed by atoms with Crippen LogP contribution in [-0.2, 0) is 13.2 Å². The van der Waals surface area contributed by atoms with Crippen LogP contribution in [0.4, 0.5) is 8.78 Å². The van der Waals surface area contributed by atoms with Crippen molar-refractivity contribution in [2.45, 2.75) is 13.2 Å². The van der Waals surface area contributed by atoms with E-state index in [0.717, 1.165) is 17.7 Å². The fourth-order valence-electron chi connectivity index (χ4n) is 1.91. The van der Waals surface area contributed by atoms with Gasteiger partial charge in [-0.15, -0.1) is 11.3 Å². The van der Waals surface area contributed by atoms with Gasteiger partial charge in [-0.2, -0.15) is 0 Å². The Hall–Kier alpha value is -2.05. The molecule has 21 heavy (non-hydrogen) atoms. The van der Waals surface area contributed by atoms with E-state index in [1.165, 1.54) is 11.3 Å². The third-order valence-electron chi connectivity index (χ3n) is 2.92. The van der Waals surface area contributed by atoms with Crippen LogP contribution in [0, 0.1) is 11.6 Å². The first-order valence-corrected chi connectivity index (χ1v) is 7.04. The quantitative estimate of drug-likeness (QED) is 0.800. The Labute approximate surface area is 123 Å². The van der Waals surface area contributed by atoms with E-state index in [-0.39, 0.29) is 13.2 Å². The molecule has 0 fully saturated rings. The van der Waals surface area contributed by atoms with Crippen molar-refractivity contribution >= 4 is 21.6 Å². The van der Waals surface area contributed by atoms with Crippen molar-refractivity contribution in [3.05, 3.63) is 58.6 Å². The zero-order chi connectivity index (χ0) is 14.8. The van der Waals surface area contributed by atoms with Crippen molar-refractivity contribution in [2.24, 2.45) is 0 Å². The number of rotatable bonds is 4. The molecular weight excluding hydrogens is 296 g/mol. The molecule has 3 nitrogen and oxygen atoms in total. The molecule has 0 atom stereocenters. The van der Waals surface area contributed by atoms with Gasteiger partial charge in [0.1, 0.15) is 17.4 Å². The molecule has 0 aliphatic heterocycles. The highest BCUT2D eigenvalue weighted by molar-refractivity contribution is 7.18. The molecule has 108 valence electrons. The standard InChI is InChI=1S/C15H11F2NO2S/c16-11-5-13-14(6-12(11)17)21-15(18-13)8-20-10-3-1-2-9(4-10)7-19/h1-6,19H,7-8H2. The minimum absolute atomic E-state index is 0.0586. The minimum Gasteiger partial charge on any atom is -0.486 e. The lowest BCUT2D eigenvalue weighted by Gasteiger charge is -2.05. The number of nitrogens with zero attached hydrogens (tertiary/aromatic N) is 1. The Morgan fingerprint density at radius 2 is 1.95 bits per heavy atom. The highest BCUT2D eigenvalue weighted by Crippen LogP contribution is 2.25. The van der Waals surface area contributed by atoms with E-state index in [0.29, 0.717) is 21.0 Å². The van der Waals surface area contributed by atoms with E-state index in [2.05, 4.69) is 4.98 Å². The van der Waals surface area contributed by atoms with Gasteiger partial charge in [-0.3, -0.25) is 0 Å². The summed E-state index contributed by atoms with van der Waals surface area (Å²) in [5.74, 6) is -1.18. The molecule has 1 heterocycles. The molecule has 0 saturated carbocycles. The molecule has 0 amide bonds. The van der Waals surface area contributed by atoms with Gasteiger partial charge in [-0.25, -0.2) is 13.8 Å². The van der Waals surface area contributed by atoms with Crippen molar-refractivity contribution in [3.63, 3.8) is 0 Å². The van der Waals surface area contributed by atoms with Gasteiger partial charge in [0, 0.05) is 6.07 Å². The molecule has 2 aromatic carbocycles. The van der Waals surface area contributed by atoms with Gasteiger partial charge in [-0.05, 0) is 23.8 Å². The number of hydrogen-bond donors (Lipinski definition) is 1. The molecule has 0 radical (unpaired) electrons. The van der Waals surface area contributed by atoms with Gasteiger partial charge in [-0.1, -0.05) is 12.1 Å². The van der Waals surface area contributed by atoms with Gasteiger partial charge < -0.3 is 9.84 Å². The molecule has 0 aliphatic carbocycles. The van der Waals surface area contributed by atoms with Crippen LogP contribution in [0.2, 0.25) is 0 Å². The average molecular weight is 307 g/mol. The van der Waals surface area contributed by atoms with E-state index in [1.54, 1.807) is 24.3 Å². The second-order valence-electron chi connectivity index (χ2n) is 4.44. The molecule has 3 aromatic rings. The van der Waals surface area contributed by atoms with Crippen molar-refractivity contribution in [2.75, 3.05) is 0 Å². The summed E-state index contributed by atoms with van der Waals surface area (Å²) in [6.45, 7) is 0.147. The number of halogens is 2. The molecule has 1 N–H and O–H groups in total. The number of ether oxygens (including phenoxy) is 1. The summed E-state index contributed by atoms with van der Waals surface area (Å²) in [7, 11) is 0. The summed E-state index contributed by atoms with van der Waals surface area (Å²) in [4.78, 5) is 4.21. The van der Waals surface area contributed by atoms with Crippen LogP contribution < -0.4 is 4.74 Å². The van der Waals surface area contributed by atoms with Crippen LogP contribution in [0.15, 0.2) is 36.4 Å². The number of aromatic nitrogens is 1. The molecule has 0 aliphatic rings. The minimum atomic E-state index is -0.907. The molecule has 0 spiro atoms. The maximum Gasteiger partial charge on any atom is 0.161 e. The molecule has 0 unspecified atom stereocenters. The zero-order valence-corrected chi connectivity index (χ0v) is 11.7. The van der Waals surface area contributed by atoms with Crippen LogP contribution in [0.25, 0.3) is 10.2 Å². The summed E-state index contributed by atoms with van der Waals surface area (Å²) >= 11 is 1.26. The molecule has 1 aromatic heterocycles. The van der Waals surface area contributed by atoms with Crippen molar-refractivity contribution in [3.8, 4) is 5.75 Å². The van der Waals surface area contributed by atoms with Crippen molar-refractivity contribution in [1.29, 1.82) is 0 Å². The number of aliphatic hydroxyl groups is 1. The first-order valence-electron chi connectivity index (χ1n) is 6.23. The lowest BCUT2D eigenvalue weighted by Crippen LogP contribution is -1.95. The number of aliphatic hydroxyl groups excluding tert-OH is 1. The van der Waals surface area contributed by atoms with Crippen LogP contribution in [0.1, 0.15) is 10.6 Å².